The molecule has 1 amide bonds. The number of aliphatic imine (C=N–C) groups is 1. The lowest BCUT2D eigenvalue weighted by Gasteiger charge is -2.10. The van der Waals surface area contributed by atoms with Gasteiger partial charge >= 0.3 is 0 Å². The molecule has 3 rings (SSSR count). The summed E-state index contributed by atoms with van der Waals surface area (Å²) < 4.78 is 39.3. The molecule has 0 saturated carbocycles. The fourth-order valence-electron chi connectivity index (χ4n) is 2.61. The molecular formula is C18H18FN3O3S. The highest BCUT2D eigenvalue weighted by Crippen LogP contribution is 2.22. The fraction of sp³-hybridized carbons (Fsp3) is 0.222. The molecule has 136 valence electrons. The second-order valence-corrected chi connectivity index (χ2v) is 7.57. The van der Waals surface area contributed by atoms with E-state index < -0.39 is 16.1 Å². The van der Waals surface area contributed by atoms with Crippen LogP contribution in [0.3, 0.4) is 0 Å². The van der Waals surface area contributed by atoms with Gasteiger partial charge in [0.2, 0.25) is 5.91 Å². The van der Waals surface area contributed by atoms with Crippen molar-refractivity contribution >= 4 is 21.8 Å². The number of sulfonamides is 1. The number of carbonyl (C=O) groups excluding carboxylic acids is 1. The van der Waals surface area contributed by atoms with E-state index in [1.54, 1.807) is 37.3 Å². The van der Waals surface area contributed by atoms with Gasteiger partial charge in [0.1, 0.15) is 17.7 Å². The van der Waals surface area contributed by atoms with Crippen LogP contribution in [-0.2, 0) is 21.2 Å². The van der Waals surface area contributed by atoms with E-state index in [0.29, 0.717) is 18.5 Å². The van der Waals surface area contributed by atoms with Crippen molar-refractivity contribution in [3.8, 4) is 0 Å². The van der Waals surface area contributed by atoms with Crippen LogP contribution in [0.5, 0.6) is 0 Å². The van der Waals surface area contributed by atoms with Crippen molar-refractivity contribution in [3.05, 3.63) is 65.5 Å². The highest BCUT2D eigenvalue weighted by Gasteiger charge is 2.31. The Balaban J connectivity index is 1.62. The second-order valence-electron chi connectivity index (χ2n) is 5.92. The summed E-state index contributed by atoms with van der Waals surface area (Å²) in [4.78, 5) is 16.6. The maximum atomic E-state index is 12.9. The van der Waals surface area contributed by atoms with Crippen LogP contribution < -0.4 is 10.0 Å². The lowest BCUT2D eigenvalue weighted by Crippen LogP contribution is -2.35. The molecule has 0 fully saturated rings. The Morgan fingerprint density at radius 2 is 1.88 bits per heavy atom. The van der Waals surface area contributed by atoms with Crippen LogP contribution in [-0.4, -0.2) is 32.7 Å². The molecule has 1 atom stereocenters. The van der Waals surface area contributed by atoms with Gasteiger partial charge in [-0.1, -0.05) is 24.3 Å². The van der Waals surface area contributed by atoms with Crippen molar-refractivity contribution in [2.75, 3.05) is 6.54 Å². The predicted molar refractivity (Wildman–Crippen MR) is 95.9 cm³/mol. The van der Waals surface area contributed by atoms with Gasteiger partial charge in [-0.15, -0.1) is 0 Å². The molecule has 0 radical (unpaired) electrons. The summed E-state index contributed by atoms with van der Waals surface area (Å²) in [5.41, 5.74) is 1.36. The van der Waals surface area contributed by atoms with Crippen molar-refractivity contribution in [2.45, 2.75) is 24.3 Å². The molecule has 0 aromatic heterocycles. The molecule has 0 saturated heterocycles. The van der Waals surface area contributed by atoms with Crippen LogP contribution >= 0.6 is 0 Å². The minimum atomic E-state index is -3.63. The highest BCUT2D eigenvalue weighted by molar-refractivity contribution is 7.90. The second kappa shape index (κ2) is 7.25. The van der Waals surface area contributed by atoms with Gasteiger partial charge in [-0.2, -0.15) is 0 Å². The molecule has 2 aromatic rings. The summed E-state index contributed by atoms with van der Waals surface area (Å²) >= 11 is 0. The number of hydrogen-bond acceptors (Lipinski definition) is 4. The van der Waals surface area contributed by atoms with E-state index >= 15 is 0 Å². The molecule has 0 bridgehead atoms. The van der Waals surface area contributed by atoms with E-state index in [0.717, 1.165) is 5.56 Å². The molecule has 26 heavy (non-hydrogen) atoms. The standard InChI is InChI=1S/C18H18FN3O3S/c1-12(18(23)20-11-10-13-6-8-14(19)9-7-13)21-17-15-4-2-3-5-16(15)26(24,25)22-17/h2-9,12H,10-11H2,1H3,(H,20,23)(H,21,22)/t12-/m1/s1. The Kier molecular flexibility index (Phi) is 5.03. The average molecular weight is 375 g/mol. The lowest BCUT2D eigenvalue weighted by atomic mass is 10.1. The summed E-state index contributed by atoms with van der Waals surface area (Å²) in [6, 6.07) is 11.8. The lowest BCUT2D eigenvalue weighted by molar-refractivity contribution is -0.121. The first kappa shape index (κ1) is 18.1. The van der Waals surface area contributed by atoms with Crippen LogP contribution in [0.4, 0.5) is 4.39 Å². The Labute approximate surface area is 151 Å². The van der Waals surface area contributed by atoms with Crippen molar-refractivity contribution in [1.29, 1.82) is 0 Å². The number of nitrogens with zero attached hydrogens (tertiary/aromatic N) is 1. The van der Waals surface area contributed by atoms with Gasteiger partial charge in [0.05, 0.1) is 4.90 Å². The molecule has 1 aliphatic heterocycles. The normalized spacial score (nSPS) is 17.4. The fourth-order valence-corrected chi connectivity index (χ4v) is 3.85. The van der Waals surface area contributed by atoms with E-state index in [4.69, 9.17) is 0 Å². The third kappa shape index (κ3) is 3.91. The zero-order chi connectivity index (χ0) is 18.7. The number of nitrogens with one attached hydrogen (secondary N) is 2. The Bertz CT molecular complexity index is 956. The first-order chi connectivity index (χ1) is 12.4. The van der Waals surface area contributed by atoms with E-state index in [1.165, 1.54) is 18.2 Å². The minimum absolute atomic E-state index is 0.155. The monoisotopic (exact) mass is 375 g/mol. The van der Waals surface area contributed by atoms with Gasteiger partial charge in [0.25, 0.3) is 10.0 Å². The van der Waals surface area contributed by atoms with Crippen LogP contribution in [0, 0.1) is 5.82 Å². The van der Waals surface area contributed by atoms with Crippen molar-refractivity contribution in [2.24, 2.45) is 4.99 Å². The summed E-state index contributed by atoms with van der Waals surface area (Å²) in [5.74, 6) is -0.452. The van der Waals surface area contributed by atoms with Crippen LogP contribution in [0.25, 0.3) is 0 Å². The van der Waals surface area contributed by atoms with Crippen LogP contribution in [0.15, 0.2) is 58.4 Å². The van der Waals surface area contributed by atoms with Crippen molar-refractivity contribution < 1.29 is 17.6 Å². The number of hydrogen-bond donors (Lipinski definition) is 2. The summed E-state index contributed by atoms with van der Waals surface area (Å²) in [6.07, 6.45) is 0.560. The van der Waals surface area contributed by atoms with Crippen LogP contribution in [0.1, 0.15) is 18.1 Å². The summed E-state index contributed by atoms with van der Waals surface area (Å²) in [5, 5.41) is 2.75. The number of halogens is 1. The van der Waals surface area contributed by atoms with E-state index in [2.05, 4.69) is 15.0 Å². The number of benzene rings is 2. The van der Waals surface area contributed by atoms with Gasteiger partial charge in [0, 0.05) is 12.1 Å². The first-order valence-electron chi connectivity index (χ1n) is 8.09. The molecule has 0 unspecified atom stereocenters. The first-order valence-corrected chi connectivity index (χ1v) is 9.57. The Morgan fingerprint density at radius 1 is 1.19 bits per heavy atom. The quantitative estimate of drug-likeness (QED) is 0.832. The minimum Gasteiger partial charge on any atom is -0.354 e. The molecule has 8 heteroatoms. The van der Waals surface area contributed by atoms with Crippen molar-refractivity contribution in [1.82, 2.24) is 10.0 Å². The predicted octanol–water partition coefficient (Wildman–Crippen LogP) is 1.61. The van der Waals surface area contributed by atoms with Gasteiger partial charge in [-0.05, 0) is 43.2 Å². The van der Waals surface area contributed by atoms with E-state index in [9.17, 15) is 17.6 Å². The zero-order valence-electron chi connectivity index (χ0n) is 14.1. The zero-order valence-corrected chi connectivity index (χ0v) is 14.9. The SMILES string of the molecule is C[C@@H](N=C1NS(=O)(=O)c2ccccc21)C(=O)NCCc1ccc(F)cc1. The molecular weight excluding hydrogens is 357 g/mol. The highest BCUT2D eigenvalue weighted by atomic mass is 32.2. The maximum Gasteiger partial charge on any atom is 0.263 e. The molecule has 1 aliphatic rings. The molecule has 1 heterocycles. The number of amides is 1. The Morgan fingerprint density at radius 3 is 2.62 bits per heavy atom. The van der Waals surface area contributed by atoms with Crippen molar-refractivity contribution in [3.63, 3.8) is 0 Å². The topological polar surface area (TPSA) is 87.6 Å². The van der Waals surface area contributed by atoms with E-state index in [1.807, 2.05) is 0 Å². The van der Waals surface area contributed by atoms with Gasteiger partial charge in [-0.3, -0.25) is 14.5 Å². The number of fused-ring (bicyclic) bond motifs is 1. The average Bonchev–Trinajstić information content (AvgIpc) is 2.87. The molecule has 6 nitrogen and oxygen atoms in total. The third-order valence-electron chi connectivity index (χ3n) is 3.99. The summed E-state index contributed by atoms with van der Waals surface area (Å²) in [7, 11) is -3.63. The van der Waals surface area contributed by atoms with Gasteiger partial charge in [-0.25, -0.2) is 12.8 Å². The largest absolute Gasteiger partial charge is 0.354 e. The maximum absolute atomic E-state index is 12.9. The molecule has 2 aromatic carbocycles. The number of rotatable bonds is 5. The van der Waals surface area contributed by atoms with Gasteiger partial charge < -0.3 is 5.32 Å². The smallest absolute Gasteiger partial charge is 0.263 e. The number of amidine groups is 1. The van der Waals surface area contributed by atoms with Crippen LogP contribution in [0.2, 0.25) is 0 Å². The molecule has 2 N–H and O–H groups in total. The Hall–Kier alpha value is -2.74. The summed E-state index contributed by atoms with van der Waals surface area (Å²) in [6.45, 7) is 1.97. The third-order valence-corrected chi connectivity index (χ3v) is 5.39. The molecule has 0 aliphatic carbocycles. The molecule has 0 spiro atoms. The van der Waals surface area contributed by atoms with E-state index in [-0.39, 0.29) is 22.5 Å². The number of carbonyl (C=O) groups is 1. The van der Waals surface area contributed by atoms with Gasteiger partial charge in [0.15, 0.2) is 0 Å².